The zero-order chi connectivity index (χ0) is 11.2. The number of aliphatic carboxylic acids is 1. The van der Waals surface area contributed by atoms with E-state index in [4.69, 9.17) is 10.8 Å². The van der Waals surface area contributed by atoms with Gasteiger partial charge < -0.3 is 10.8 Å². The molecule has 84 valence electrons. The average molecular weight is 201 g/mol. The standard InChI is InChI=1S/C7H12O2.C4H11N/c8-7(9)6-4-2-1-3-5-6;1-4(2,3)5/h6H,1-5H2,(H,8,9);5H2,1-3H3. The van der Waals surface area contributed by atoms with Crippen LogP contribution in [0.3, 0.4) is 0 Å². The highest BCUT2D eigenvalue weighted by Gasteiger charge is 2.19. The van der Waals surface area contributed by atoms with E-state index in [0.29, 0.717) is 0 Å². The molecule has 3 N–H and O–H groups in total. The lowest BCUT2D eigenvalue weighted by molar-refractivity contribution is -0.142. The van der Waals surface area contributed by atoms with E-state index >= 15 is 0 Å². The SMILES string of the molecule is CC(C)(C)N.O=C(O)C1CCCCC1. The number of nitrogens with two attached hydrogens (primary N) is 1. The Morgan fingerprint density at radius 2 is 1.57 bits per heavy atom. The van der Waals surface area contributed by atoms with E-state index in [9.17, 15) is 4.79 Å². The summed E-state index contributed by atoms with van der Waals surface area (Å²) < 4.78 is 0. The maximum atomic E-state index is 10.4. The smallest absolute Gasteiger partial charge is 0.306 e. The quantitative estimate of drug-likeness (QED) is 0.684. The van der Waals surface area contributed by atoms with Crippen LogP contribution in [0.5, 0.6) is 0 Å². The molecule has 1 aliphatic carbocycles. The summed E-state index contributed by atoms with van der Waals surface area (Å²) in [5, 5.41) is 8.54. The molecule has 1 aliphatic rings. The molecule has 0 atom stereocenters. The van der Waals surface area contributed by atoms with Gasteiger partial charge in [-0.05, 0) is 33.6 Å². The van der Waals surface area contributed by atoms with Crippen LogP contribution in [-0.2, 0) is 4.79 Å². The fourth-order valence-electron chi connectivity index (χ4n) is 1.35. The highest BCUT2D eigenvalue weighted by atomic mass is 16.4. The summed E-state index contributed by atoms with van der Waals surface area (Å²) in [6.07, 6.45) is 5.24. The van der Waals surface area contributed by atoms with Gasteiger partial charge in [-0.2, -0.15) is 0 Å². The van der Waals surface area contributed by atoms with Gasteiger partial charge in [0.05, 0.1) is 5.92 Å². The Morgan fingerprint density at radius 1 is 1.21 bits per heavy atom. The number of rotatable bonds is 1. The van der Waals surface area contributed by atoms with Gasteiger partial charge in [0.15, 0.2) is 0 Å². The topological polar surface area (TPSA) is 63.3 Å². The predicted molar refractivity (Wildman–Crippen MR) is 58.2 cm³/mol. The summed E-state index contributed by atoms with van der Waals surface area (Å²) >= 11 is 0. The van der Waals surface area contributed by atoms with E-state index in [1.165, 1.54) is 6.42 Å². The number of carboxylic acids is 1. The minimum absolute atomic E-state index is 0. The summed E-state index contributed by atoms with van der Waals surface area (Å²) in [5.41, 5.74) is 5.35. The van der Waals surface area contributed by atoms with E-state index < -0.39 is 5.97 Å². The molecule has 0 saturated heterocycles. The monoisotopic (exact) mass is 201 g/mol. The summed E-state index contributed by atoms with van der Waals surface area (Å²) in [4.78, 5) is 10.4. The minimum atomic E-state index is -0.602. The van der Waals surface area contributed by atoms with E-state index in [-0.39, 0.29) is 11.5 Å². The van der Waals surface area contributed by atoms with Gasteiger partial charge in [-0.1, -0.05) is 19.3 Å². The molecule has 0 radical (unpaired) electrons. The Hall–Kier alpha value is -0.570. The number of hydrogen-bond donors (Lipinski definition) is 2. The highest BCUT2D eigenvalue weighted by molar-refractivity contribution is 5.69. The molecule has 0 amide bonds. The first-order chi connectivity index (χ1) is 6.30. The molecule has 0 spiro atoms. The Morgan fingerprint density at radius 3 is 1.79 bits per heavy atom. The van der Waals surface area contributed by atoms with Gasteiger partial charge in [0.25, 0.3) is 0 Å². The third kappa shape index (κ3) is 9.52. The minimum Gasteiger partial charge on any atom is -0.481 e. The van der Waals surface area contributed by atoms with E-state index in [1.807, 2.05) is 20.8 Å². The van der Waals surface area contributed by atoms with E-state index in [0.717, 1.165) is 25.7 Å². The molecule has 0 unspecified atom stereocenters. The molecule has 1 rings (SSSR count). The molecular weight excluding hydrogens is 178 g/mol. The second-order valence-corrected chi connectivity index (χ2v) is 5.04. The Bertz CT molecular complexity index is 161. The van der Waals surface area contributed by atoms with Crippen LogP contribution in [0.2, 0.25) is 0 Å². The predicted octanol–water partition coefficient (Wildman–Crippen LogP) is 2.39. The molecule has 1 fully saturated rings. The summed E-state index contributed by atoms with van der Waals surface area (Å²) in [6.45, 7) is 5.90. The van der Waals surface area contributed by atoms with Crippen LogP contribution in [-0.4, -0.2) is 16.6 Å². The Kier molecular flexibility index (Phi) is 5.77. The Labute approximate surface area is 86.7 Å². The molecule has 0 aliphatic heterocycles. The van der Waals surface area contributed by atoms with Crippen molar-refractivity contribution in [3.8, 4) is 0 Å². The summed E-state index contributed by atoms with van der Waals surface area (Å²) in [7, 11) is 0. The van der Waals surface area contributed by atoms with Crippen LogP contribution in [0, 0.1) is 5.92 Å². The summed E-state index contributed by atoms with van der Waals surface area (Å²) in [6, 6.07) is 0. The van der Waals surface area contributed by atoms with E-state index in [1.54, 1.807) is 0 Å². The van der Waals surface area contributed by atoms with E-state index in [2.05, 4.69) is 0 Å². The zero-order valence-electron chi connectivity index (χ0n) is 9.55. The van der Waals surface area contributed by atoms with Gasteiger partial charge in [0.1, 0.15) is 0 Å². The second-order valence-electron chi connectivity index (χ2n) is 5.04. The first kappa shape index (κ1) is 13.4. The van der Waals surface area contributed by atoms with Crippen molar-refractivity contribution in [1.82, 2.24) is 0 Å². The molecule has 0 bridgehead atoms. The van der Waals surface area contributed by atoms with Crippen LogP contribution in [0.15, 0.2) is 0 Å². The molecule has 3 heteroatoms. The number of carboxylic acid groups (broad SMARTS) is 1. The second kappa shape index (κ2) is 6.02. The fraction of sp³-hybridized carbons (Fsp3) is 0.909. The number of carbonyl (C=O) groups is 1. The van der Waals surface area contributed by atoms with Gasteiger partial charge in [-0.15, -0.1) is 0 Å². The lowest BCUT2D eigenvalue weighted by Crippen LogP contribution is -2.26. The van der Waals surface area contributed by atoms with Crippen molar-refractivity contribution < 1.29 is 9.90 Å². The largest absolute Gasteiger partial charge is 0.481 e. The molecule has 0 aromatic heterocycles. The van der Waals surface area contributed by atoms with Crippen molar-refractivity contribution in [2.75, 3.05) is 0 Å². The fourth-order valence-corrected chi connectivity index (χ4v) is 1.35. The highest BCUT2D eigenvalue weighted by Crippen LogP contribution is 2.23. The maximum Gasteiger partial charge on any atom is 0.306 e. The van der Waals surface area contributed by atoms with Gasteiger partial charge in [0, 0.05) is 5.54 Å². The zero-order valence-corrected chi connectivity index (χ0v) is 9.55. The third-order valence-corrected chi connectivity index (χ3v) is 1.95. The van der Waals surface area contributed by atoms with Crippen molar-refractivity contribution in [3.63, 3.8) is 0 Å². The normalized spacial score (nSPS) is 18.3. The van der Waals surface area contributed by atoms with Crippen LogP contribution in [0.1, 0.15) is 52.9 Å². The van der Waals surface area contributed by atoms with Gasteiger partial charge in [-0.3, -0.25) is 4.79 Å². The first-order valence-electron chi connectivity index (χ1n) is 5.32. The summed E-state index contributed by atoms with van der Waals surface area (Å²) in [5.74, 6) is -0.631. The van der Waals surface area contributed by atoms with Crippen LogP contribution in [0.4, 0.5) is 0 Å². The lowest BCUT2D eigenvalue weighted by atomic mass is 9.90. The van der Waals surface area contributed by atoms with Crippen LogP contribution in [0.25, 0.3) is 0 Å². The van der Waals surface area contributed by atoms with Gasteiger partial charge in [-0.25, -0.2) is 0 Å². The molecule has 0 heterocycles. The average Bonchev–Trinajstić information content (AvgIpc) is 2.03. The molecular formula is C11H23NO2. The number of hydrogen-bond acceptors (Lipinski definition) is 2. The molecule has 0 aromatic carbocycles. The van der Waals surface area contributed by atoms with Crippen molar-refractivity contribution in [3.05, 3.63) is 0 Å². The van der Waals surface area contributed by atoms with Gasteiger partial charge >= 0.3 is 5.97 Å². The van der Waals surface area contributed by atoms with Crippen molar-refractivity contribution in [2.45, 2.75) is 58.4 Å². The molecule has 14 heavy (non-hydrogen) atoms. The Balaban J connectivity index is 0.000000292. The molecule has 0 aromatic rings. The lowest BCUT2D eigenvalue weighted by Gasteiger charge is -2.16. The van der Waals surface area contributed by atoms with Gasteiger partial charge in [0.2, 0.25) is 0 Å². The third-order valence-electron chi connectivity index (χ3n) is 1.95. The van der Waals surface area contributed by atoms with Crippen molar-refractivity contribution >= 4 is 5.97 Å². The maximum absolute atomic E-state index is 10.4. The van der Waals surface area contributed by atoms with Crippen LogP contribution >= 0.6 is 0 Å². The van der Waals surface area contributed by atoms with Crippen molar-refractivity contribution in [2.24, 2.45) is 11.7 Å². The van der Waals surface area contributed by atoms with Crippen LogP contribution < -0.4 is 5.73 Å². The first-order valence-corrected chi connectivity index (χ1v) is 5.32. The molecule has 1 saturated carbocycles. The van der Waals surface area contributed by atoms with Crippen molar-refractivity contribution in [1.29, 1.82) is 0 Å². The molecule has 3 nitrogen and oxygen atoms in total.